The van der Waals surface area contributed by atoms with Crippen molar-refractivity contribution in [2.45, 2.75) is 38.6 Å². The van der Waals surface area contributed by atoms with E-state index in [-0.39, 0.29) is 11.8 Å². The zero-order valence-corrected chi connectivity index (χ0v) is 15.2. The number of hydrogen-bond donors (Lipinski definition) is 3. The summed E-state index contributed by atoms with van der Waals surface area (Å²) in [6.07, 6.45) is 4.53. The Morgan fingerprint density at radius 3 is 2.52 bits per heavy atom. The number of amides is 2. The van der Waals surface area contributed by atoms with Crippen molar-refractivity contribution in [3.05, 3.63) is 48.0 Å². The molecule has 27 heavy (non-hydrogen) atoms. The van der Waals surface area contributed by atoms with Crippen molar-refractivity contribution in [2.75, 3.05) is 5.32 Å². The molecule has 0 atom stereocenters. The van der Waals surface area contributed by atoms with Gasteiger partial charge < -0.3 is 15.6 Å². The molecule has 0 radical (unpaired) electrons. The van der Waals surface area contributed by atoms with Gasteiger partial charge in [-0.15, -0.1) is 0 Å². The van der Waals surface area contributed by atoms with Crippen LogP contribution in [0.15, 0.2) is 42.5 Å². The molecule has 0 bridgehead atoms. The van der Waals surface area contributed by atoms with Crippen molar-refractivity contribution in [2.24, 2.45) is 0 Å². The Balaban J connectivity index is 1.52. The lowest BCUT2D eigenvalue weighted by molar-refractivity contribution is -0.114. The third-order valence-corrected chi connectivity index (χ3v) is 4.91. The second kappa shape index (κ2) is 7.23. The van der Waals surface area contributed by atoms with Gasteiger partial charge in [0, 0.05) is 29.8 Å². The van der Waals surface area contributed by atoms with Gasteiger partial charge in [-0.05, 0) is 43.2 Å². The number of anilines is 1. The fourth-order valence-corrected chi connectivity index (χ4v) is 3.55. The second-order valence-corrected chi connectivity index (χ2v) is 7.03. The highest BCUT2D eigenvalue weighted by Gasteiger charge is 2.18. The van der Waals surface area contributed by atoms with Gasteiger partial charge in [-0.3, -0.25) is 9.59 Å². The van der Waals surface area contributed by atoms with Crippen LogP contribution < -0.4 is 10.6 Å². The molecule has 138 valence electrons. The molecule has 4 rings (SSSR count). The molecule has 1 saturated carbocycles. The summed E-state index contributed by atoms with van der Waals surface area (Å²) in [4.78, 5) is 31.4. The maximum atomic E-state index is 12.3. The molecule has 2 aromatic carbocycles. The number of rotatable bonds is 4. The van der Waals surface area contributed by atoms with Crippen LogP contribution in [0, 0.1) is 0 Å². The monoisotopic (exact) mass is 362 g/mol. The lowest BCUT2D eigenvalue weighted by atomic mass is 10.1. The van der Waals surface area contributed by atoms with E-state index in [9.17, 15) is 9.59 Å². The van der Waals surface area contributed by atoms with E-state index in [2.05, 4.69) is 20.6 Å². The van der Waals surface area contributed by atoms with Gasteiger partial charge in [0.15, 0.2) is 0 Å². The van der Waals surface area contributed by atoms with E-state index in [0.717, 1.165) is 41.0 Å². The SMILES string of the molecule is CC(=O)Nc1ccc2nc(-c3ccc(C(=O)NC4CCCC4)cc3)[nH]c2c1. The molecule has 3 aromatic rings. The maximum absolute atomic E-state index is 12.3. The van der Waals surface area contributed by atoms with E-state index in [1.54, 1.807) is 0 Å². The molecule has 1 aromatic heterocycles. The first kappa shape index (κ1) is 17.3. The van der Waals surface area contributed by atoms with Crippen LogP contribution in [0.2, 0.25) is 0 Å². The third kappa shape index (κ3) is 3.84. The molecule has 6 heteroatoms. The van der Waals surface area contributed by atoms with Crippen LogP contribution in [0.25, 0.3) is 22.4 Å². The molecular formula is C21H22N4O2. The number of imidazole rings is 1. The molecule has 0 aliphatic heterocycles. The van der Waals surface area contributed by atoms with Gasteiger partial charge in [-0.1, -0.05) is 25.0 Å². The largest absolute Gasteiger partial charge is 0.349 e. The smallest absolute Gasteiger partial charge is 0.251 e. The minimum atomic E-state index is -0.111. The van der Waals surface area contributed by atoms with Gasteiger partial charge in [0.05, 0.1) is 11.0 Å². The average Bonchev–Trinajstić information content (AvgIpc) is 3.30. The van der Waals surface area contributed by atoms with E-state index in [1.807, 2.05) is 42.5 Å². The highest BCUT2D eigenvalue weighted by molar-refractivity contribution is 5.95. The Bertz CT molecular complexity index is 985. The summed E-state index contributed by atoms with van der Waals surface area (Å²) in [5.74, 6) is 0.603. The lowest BCUT2D eigenvalue weighted by Gasteiger charge is -2.11. The molecule has 3 N–H and O–H groups in total. The number of benzene rings is 2. The Labute approximate surface area is 157 Å². The van der Waals surface area contributed by atoms with Crippen LogP contribution >= 0.6 is 0 Å². The van der Waals surface area contributed by atoms with Gasteiger partial charge in [-0.25, -0.2) is 4.98 Å². The summed E-state index contributed by atoms with van der Waals surface area (Å²) >= 11 is 0. The molecule has 0 spiro atoms. The first-order chi connectivity index (χ1) is 13.1. The van der Waals surface area contributed by atoms with E-state index in [4.69, 9.17) is 0 Å². The Morgan fingerprint density at radius 1 is 1.07 bits per heavy atom. The van der Waals surface area contributed by atoms with Crippen molar-refractivity contribution in [3.8, 4) is 11.4 Å². The van der Waals surface area contributed by atoms with Crippen LogP contribution in [0.1, 0.15) is 43.0 Å². The van der Waals surface area contributed by atoms with Gasteiger partial charge >= 0.3 is 0 Å². The minimum absolute atomic E-state index is 0.0157. The number of nitrogens with one attached hydrogen (secondary N) is 3. The molecule has 0 saturated heterocycles. The summed E-state index contributed by atoms with van der Waals surface area (Å²) < 4.78 is 0. The number of carbonyl (C=O) groups is 2. The molecule has 6 nitrogen and oxygen atoms in total. The normalized spacial score (nSPS) is 14.4. The van der Waals surface area contributed by atoms with E-state index >= 15 is 0 Å². The van der Waals surface area contributed by atoms with Crippen LogP contribution in [-0.2, 0) is 4.79 Å². The Kier molecular flexibility index (Phi) is 4.62. The number of fused-ring (bicyclic) bond motifs is 1. The zero-order chi connectivity index (χ0) is 18.8. The second-order valence-electron chi connectivity index (χ2n) is 7.03. The van der Waals surface area contributed by atoms with Gasteiger partial charge in [0.25, 0.3) is 5.91 Å². The fraction of sp³-hybridized carbons (Fsp3) is 0.286. The van der Waals surface area contributed by atoms with Crippen molar-refractivity contribution in [1.29, 1.82) is 0 Å². The predicted molar refractivity (Wildman–Crippen MR) is 106 cm³/mol. The Morgan fingerprint density at radius 2 is 1.81 bits per heavy atom. The topological polar surface area (TPSA) is 86.9 Å². The van der Waals surface area contributed by atoms with E-state index < -0.39 is 0 Å². The summed E-state index contributed by atoms with van der Waals surface area (Å²) in [5.41, 5.74) is 3.96. The van der Waals surface area contributed by atoms with Crippen LogP contribution in [0.5, 0.6) is 0 Å². The highest BCUT2D eigenvalue weighted by Crippen LogP contribution is 2.24. The van der Waals surface area contributed by atoms with Gasteiger partial charge in [0.1, 0.15) is 5.82 Å². The third-order valence-electron chi connectivity index (χ3n) is 4.91. The van der Waals surface area contributed by atoms with Crippen LogP contribution in [-0.4, -0.2) is 27.8 Å². The summed E-state index contributed by atoms with van der Waals surface area (Å²) in [5, 5.41) is 5.86. The van der Waals surface area contributed by atoms with E-state index in [0.29, 0.717) is 11.6 Å². The summed E-state index contributed by atoms with van der Waals surface area (Å²) in [7, 11) is 0. The van der Waals surface area contributed by atoms with Crippen molar-refractivity contribution >= 4 is 28.5 Å². The number of aromatic amines is 1. The molecule has 1 heterocycles. The van der Waals surface area contributed by atoms with Gasteiger partial charge in [0.2, 0.25) is 5.91 Å². The Hall–Kier alpha value is -3.15. The predicted octanol–water partition coefficient (Wildman–Crippen LogP) is 3.86. The van der Waals surface area contributed by atoms with Crippen molar-refractivity contribution < 1.29 is 9.59 Å². The standard InChI is InChI=1S/C21H22N4O2/c1-13(26)22-17-10-11-18-19(12-17)25-20(24-18)14-6-8-15(9-7-14)21(27)23-16-4-2-3-5-16/h6-12,16H,2-5H2,1H3,(H,22,26)(H,23,27)(H,24,25). The fourth-order valence-electron chi connectivity index (χ4n) is 3.55. The summed E-state index contributed by atoms with van der Waals surface area (Å²) in [6, 6.07) is 13.3. The lowest BCUT2D eigenvalue weighted by Crippen LogP contribution is -2.32. The number of hydrogen-bond acceptors (Lipinski definition) is 3. The molecular weight excluding hydrogens is 340 g/mol. The van der Waals surface area contributed by atoms with Crippen molar-refractivity contribution in [3.63, 3.8) is 0 Å². The molecule has 0 unspecified atom stereocenters. The highest BCUT2D eigenvalue weighted by atomic mass is 16.2. The first-order valence-electron chi connectivity index (χ1n) is 9.27. The van der Waals surface area contributed by atoms with Crippen LogP contribution in [0.3, 0.4) is 0 Å². The van der Waals surface area contributed by atoms with Crippen LogP contribution in [0.4, 0.5) is 5.69 Å². The maximum Gasteiger partial charge on any atom is 0.251 e. The number of aromatic nitrogens is 2. The molecule has 1 fully saturated rings. The molecule has 1 aliphatic carbocycles. The van der Waals surface area contributed by atoms with Gasteiger partial charge in [-0.2, -0.15) is 0 Å². The number of nitrogens with zero attached hydrogens (tertiary/aromatic N) is 1. The number of carbonyl (C=O) groups excluding carboxylic acids is 2. The number of H-pyrrole nitrogens is 1. The molecule has 1 aliphatic rings. The summed E-state index contributed by atoms with van der Waals surface area (Å²) in [6.45, 7) is 1.48. The van der Waals surface area contributed by atoms with E-state index in [1.165, 1.54) is 19.8 Å². The first-order valence-corrected chi connectivity index (χ1v) is 9.27. The minimum Gasteiger partial charge on any atom is -0.349 e. The quantitative estimate of drug-likeness (QED) is 0.659. The zero-order valence-electron chi connectivity index (χ0n) is 15.2. The average molecular weight is 362 g/mol. The molecule has 2 amide bonds. The van der Waals surface area contributed by atoms with Crippen molar-refractivity contribution in [1.82, 2.24) is 15.3 Å².